The third-order valence-electron chi connectivity index (χ3n) is 5.80. The number of H-pyrrole nitrogens is 1. The quantitative estimate of drug-likeness (QED) is 0.403. The van der Waals surface area contributed by atoms with Crippen LogP contribution in [0.1, 0.15) is 56.9 Å². The van der Waals surface area contributed by atoms with Crippen molar-refractivity contribution in [2.24, 2.45) is 11.8 Å². The van der Waals surface area contributed by atoms with Crippen LogP contribution in [0.2, 0.25) is 0 Å². The maximum Gasteiger partial charge on any atom is 0.268 e. The van der Waals surface area contributed by atoms with Gasteiger partial charge in [0.25, 0.3) is 5.91 Å². The minimum Gasteiger partial charge on any atom is -0.494 e. The number of aromatic amines is 1. The molecule has 182 valence electrons. The molecule has 1 aromatic carbocycles. The lowest BCUT2D eigenvalue weighted by atomic mass is 9.98. The van der Waals surface area contributed by atoms with Crippen molar-refractivity contribution in [3.05, 3.63) is 30.0 Å². The Morgan fingerprint density at radius 1 is 1.26 bits per heavy atom. The number of ether oxygens (including phenoxy) is 1. The number of hydrogen-bond acceptors (Lipinski definition) is 5. The van der Waals surface area contributed by atoms with Crippen LogP contribution >= 0.6 is 0 Å². The largest absolute Gasteiger partial charge is 0.494 e. The lowest BCUT2D eigenvalue weighted by Gasteiger charge is -2.22. The first kappa shape index (κ1) is 25.1. The van der Waals surface area contributed by atoms with Crippen molar-refractivity contribution in [1.82, 2.24) is 20.9 Å². The molecule has 3 rings (SSSR count). The molecule has 1 aromatic heterocycles. The van der Waals surface area contributed by atoms with Gasteiger partial charge in [-0.15, -0.1) is 0 Å². The summed E-state index contributed by atoms with van der Waals surface area (Å²) in [5.74, 6) is -0.365. The summed E-state index contributed by atoms with van der Waals surface area (Å²) in [6.45, 7) is 7.14. The van der Waals surface area contributed by atoms with Crippen molar-refractivity contribution in [2.75, 3.05) is 13.2 Å². The van der Waals surface area contributed by atoms with E-state index >= 15 is 0 Å². The minimum atomic E-state index is -0.810. The fourth-order valence-corrected chi connectivity index (χ4v) is 4.05. The number of fused-ring (bicyclic) bond motifs is 1. The average molecular weight is 468 g/mol. The molecule has 9 nitrogen and oxygen atoms in total. The third-order valence-corrected chi connectivity index (χ3v) is 5.80. The van der Waals surface area contributed by atoms with Crippen LogP contribution in [-0.4, -0.2) is 47.9 Å². The van der Waals surface area contributed by atoms with E-state index in [0.717, 1.165) is 23.1 Å². The second-order valence-electron chi connectivity index (χ2n) is 9.14. The fraction of sp³-hybridized carbons (Fsp3) is 0.520. The number of nitrogens with one attached hydrogen (secondary N) is 4. The van der Waals surface area contributed by atoms with Crippen LogP contribution in [0.15, 0.2) is 24.3 Å². The van der Waals surface area contributed by atoms with Gasteiger partial charge in [0, 0.05) is 29.4 Å². The number of rotatable bonds is 11. The van der Waals surface area contributed by atoms with Gasteiger partial charge >= 0.3 is 0 Å². The minimum absolute atomic E-state index is 0.0939. The lowest BCUT2D eigenvalue weighted by Crippen LogP contribution is -2.50. The summed E-state index contributed by atoms with van der Waals surface area (Å²) in [6, 6.07) is 7.77. The first-order chi connectivity index (χ1) is 16.3. The Hall–Kier alpha value is -3.54. The molecule has 34 heavy (non-hydrogen) atoms. The summed E-state index contributed by atoms with van der Waals surface area (Å²) in [6.07, 6.45) is 2.20. The predicted octanol–water partition coefficient (Wildman–Crippen LogP) is 2.64. The molecular formula is C25H33N5O4. The van der Waals surface area contributed by atoms with Gasteiger partial charge in [-0.3, -0.25) is 14.4 Å². The number of carbonyl (C=O) groups excluding carboxylic acids is 3. The number of aromatic nitrogens is 1. The summed E-state index contributed by atoms with van der Waals surface area (Å²) in [7, 11) is 0. The number of hydrogen-bond donors (Lipinski definition) is 4. The SMILES string of the molecule is CCCOc1ccc2cc(C(=O)N[C@@H](CC(C)C)C(=O)N[C@H](C#N)C[C@@H]3CCNC3=O)[nH]c2c1. The molecule has 0 saturated carbocycles. The van der Waals surface area contributed by atoms with Crippen LogP contribution in [0, 0.1) is 23.2 Å². The van der Waals surface area contributed by atoms with E-state index in [0.29, 0.717) is 31.7 Å². The Labute approximate surface area is 199 Å². The highest BCUT2D eigenvalue weighted by atomic mass is 16.5. The Kier molecular flexibility index (Phi) is 8.52. The topological polar surface area (TPSA) is 136 Å². The Morgan fingerprint density at radius 3 is 2.71 bits per heavy atom. The van der Waals surface area contributed by atoms with Crippen LogP contribution in [0.3, 0.4) is 0 Å². The molecule has 1 fully saturated rings. The Balaban J connectivity index is 1.68. The van der Waals surface area contributed by atoms with Crippen molar-refractivity contribution in [3.8, 4) is 11.8 Å². The van der Waals surface area contributed by atoms with Crippen LogP contribution in [0.4, 0.5) is 0 Å². The smallest absolute Gasteiger partial charge is 0.268 e. The molecule has 3 amide bonds. The van der Waals surface area contributed by atoms with Crippen LogP contribution in [0.5, 0.6) is 5.75 Å². The molecule has 4 N–H and O–H groups in total. The summed E-state index contributed by atoms with van der Waals surface area (Å²) in [5.41, 5.74) is 1.10. The van der Waals surface area contributed by atoms with E-state index in [2.05, 4.69) is 27.0 Å². The van der Waals surface area contributed by atoms with Gasteiger partial charge in [-0.2, -0.15) is 5.26 Å². The molecular weight excluding hydrogens is 434 g/mol. The van der Waals surface area contributed by atoms with E-state index < -0.39 is 23.9 Å². The second-order valence-corrected chi connectivity index (χ2v) is 9.14. The molecule has 2 aromatic rings. The van der Waals surface area contributed by atoms with E-state index in [1.807, 2.05) is 39.0 Å². The monoisotopic (exact) mass is 467 g/mol. The second kappa shape index (κ2) is 11.5. The first-order valence-corrected chi connectivity index (χ1v) is 11.8. The zero-order valence-electron chi connectivity index (χ0n) is 19.9. The molecule has 1 aliphatic heterocycles. The maximum absolute atomic E-state index is 13.0. The van der Waals surface area contributed by atoms with E-state index in [1.54, 1.807) is 6.07 Å². The van der Waals surface area contributed by atoms with Crippen molar-refractivity contribution in [1.29, 1.82) is 5.26 Å². The number of carbonyl (C=O) groups is 3. The van der Waals surface area contributed by atoms with Gasteiger partial charge in [0.05, 0.1) is 12.7 Å². The molecule has 2 heterocycles. The standard InChI is InChI=1S/C25H33N5O4/c1-4-9-34-19-6-5-16-12-22(29-20(16)13-19)25(33)30-21(10-15(2)3)24(32)28-18(14-26)11-17-7-8-27-23(17)31/h5-6,12-13,15,17-18,21,29H,4,7-11H2,1-3H3,(H,27,31)(H,28,32)(H,30,33)/t17-,18-,21-/m0/s1. The highest BCUT2D eigenvalue weighted by Gasteiger charge is 2.30. The molecule has 0 bridgehead atoms. The van der Waals surface area contributed by atoms with Gasteiger partial charge in [0.1, 0.15) is 23.5 Å². The van der Waals surface area contributed by atoms with Crippen molar-refractivity contribution in [2.45, 2.75) is 58.5 Å². The summed E-state index contributed by atoms with van der Waals surface area (Å²) in [5, 5.41) is 18.6. The van der Waals surface area contributed by atoms with Gasteiger partial charge < -0.3 is 25.7 Å². The molecule has 9 heteroatoms. The molecule has 0 spiro atoms. The highest BCUT2D eigenvalue weighted by molar-refractivity contribution is 6.00. The average Bonchev–Trinajstić information content (AvgIpc) is 3.41. The number of amides is 3. The molecule has 0 aliphatic carbocycles. The predicted molar refractivity (Wildman–Crippen MR) is 128 cm³/mol. The van der Waals surface area contributed by atoms with E-state index in [-0.39, 0.29) is 24.2 Å². The first-order valence-electron chi connectivity index (χ1n) is 11.8. The maximum atomic E-state index is 13.0. The Morgan fingerprint density at radius 2 is 2.06 bits per heavy atom. The molecule has 0 radical (unpaired) electrons. The van der Waals surface area contributed by atoms with E-state index in [1.165, 1.54) is 0 Å². The van der Waals surface area contributed by atoms with Crippen LogP contribution in [0.25, 0.3) is 10.9 Å². The van der Waals surface area contributed by atoms with E-state index in [4.69, 9.17) is 4.74 Å². The third kappa shape index (κ3) is 6.50. The summed E-state index contributed by atoms with van der Waals surface area (Å²) in [4.78, 5) is 40.9. The summed E-state index contributed by atoms with van der Waals surface area (Å²) < 4.78 is 5.65. The number of benzene rings is 1. The number of nitriles is 1. The zero-order valence-corrected chi connectivity index (χ0v) is 19.9. The zero-order chi connectivity index (χ0) is 24.7. The molecule has 0 unspecified atom stereocenters. The van der Waals surface area contributed by atoms with Gasteiger partial charge in [0.2, 0.25) is 11.8 Å². The van der Waals surface area contributed by atoms with Gasteiger partial charge in [-0.1, -0.05) is 20.8 Å². The highest BCUT2D eigenvalue weighted by Crippen LogP contribution is 2.22. The van der Waals surface area contributed by atoms with Crippen LogP contribution in [-0.2, 0) is 9.59 Å². The molecule has 1 saturated heterocycles. The van der Waals surface area contributed by atoms with Gasteiger partial charge in [0.15, 0.2) is 0 Å². The summed E-state index contributed by atoms with van der Waals surface area (Å²) >= 11 is 0. The number of nitrogens with zero attached hydrogens (tertiary/aromatic N) is 1. The Bertz CT molecular complexity index is 1070. The van der Waals surface area contributed by atoms with Gasteiger partial charge in [-0.25, -0.2) is 0 Å². The van der Waals surface area contributed by atoms with Crippen molar-refractivity contribution >= 4 is 28.6 Å². The van der Waals surface area contributed by atoms with E-state index in [9.17, 15) is 19.6 Å². The molecule has 1 aliphatic rings. The lowest BCUT2D eigenvalue weighted by molar-refractivity contribution is -0.125. The van der Waals surface area contributed by atoms with Crippen molar-refractivity contribution in [3.63, 3.8) is 0 Å². The molecule has 3 atom stereocenters. The normalized spacial score (nSPS) is 17.1. The van der Waals surface area contributed by atoms with Gasteiger partial charge in [-0.05, 0) is 49.8 Å². The fourth-order valence-electron chi connectivity index (χ4n) is 4.05. The van der Waals surface area contributed by atoms with Crippen LogP contribution < -0.4 is 20.7 Å². The van der Waals surface area contributed by atoms with Crippen molar-refractivity contribution < 1.29 is 19.1 Å².